The molecular formula is C16H16N2O2. The van der Waals surface area contributed by atoms with Crippen molar-refractivity contribution < 1.29 is 10.2 Å². The van der Waals surface area contributed by atoms with Gasteiger partial charge in [-0.1, -0.05) is 12.1 Å². The van der Waals surface area contributed by atoms with Crippen LogP contribution in [-0.4, -0.2) is 10.2 Å². The van der Waals surface area contributed by atoms with Crippen molar-refractivity contribution in [1.82, 2.24) is 5.32 Å². The van der Waals surface area contributed by atoms with Crippen LogP contribution in [0.5, 0.6) is 11.5 Å². The van der Waals surface area contributed by atoms with E-state index in [4.69, 9.17) is 5.26 Å². The Balaban J connectivity index is 2.04. The lowest BCUT2D eigenvalue weighted by Gasteiger charge is -2.15. The van der Waals surface area contributed by atoms with E-state index in [2.05, 4.69) is 11.4 Å². The zero-order chi connectivity index (χ0) is 14.5. The number of phenols is 2. The van der Waals surface area contributed by atoms with Crippen LogP contribution in [0.15, 0.2) is 42.5 Å². The summed E-state index contributed by atoms with van der Waals surface area (Å²) in [6, 6.07) is 14.0. The summed E-state index contributed by atoms with van der Waals surface area (Å²) < 4.78 is 0. The van der Waals surface area contributed by atoms with Crippen molar-refractivity contribution in [3.05, 3.63) is 59.2 Å². The van der Waals surface area contributed by atoms with Crippen molar-refractivity contribution in [2.24, 2.45) is 0 Å². The molecule has 0 heterocycles. The molecule has 1 atom stereocenters. The second-order valence-corrected chi connectivity index (χ2v) is 4.70. The van der Waals surface area contributed by atoms with Gasteiger partial charge in [0.05, 0.1) is 11.6 Å². The summed E-state index contributed by atoms with van der Waals surface area (Å²) in [6.07, 6.45) is 0. The van der Waals surface area contributed by atoms with Gasteiger partial charge in [0, 0.05) is 18.7 Å². The monoisotopic (exact) mass is 268 g/mol. The third-order valence-electron chi connectivity index (χ3n) is 3.09. The molecular weight excluding hydrogens is 252 g/mol. The summed E-state index contributed by atoms with van der Waals surface area (Å²) in [5.74, 6) is 0.0836. The van der Waals surface area contributed by atoms with Gasteiger partial charge in [-0.05, 0) is 42.3 Å². The Kier molecular flexibility index (Phi) is 4.24. The number of rotatable bonds is 4. The maximum Gasteiger partial charge on any atom is 0.119 e. The molecule has 0 aliphatic heterocycles. The summed E-state index contributed by atoms with van der Waals surface area (Å²) in [4.78, 5) is 0. The highest BCUT2D eigenvalue weighted by molar-refractivity contribution is 5.38. The fourth-order valence-corrected chi connectivity index (χ4v) is 2.01. The molecule has 0 fully saturated rings. The molecule has 2 aromatic carbocycles. The van der Waals surface area contributed by atoms with E-state index in [1.807, 2.05) is 25.1 Å². The van der Waals surface area contributed by atoms with Crippen LogP contribution in [0.1, 0.15) is 29.7 Å². The lowest BCUT2D eigenvalue weighted by molar-refractivity contribution is 0.446. The summed E-state index contributed by atoms with van der Waals surface area (Å²) in [5.41, 5.74) is 2.45. The minimum absolute atomic E-state index is 0.0289. The Morgan fingerprint density at radius 2 is 1.85 bits per heavy atom. The minimum Gasteiger partial charge on any atom is -0.508 e. The van der Waals surface area contributed by atoms with E-state index in [1.54, 1.807) is 18.2 Å². The number of nitriles is 1. The smallest absolute Gasteiger partial charge is 0.119 e. The first-order chi connectivity index (χ1) is 9.58. The highest BCUT2D eigenvalue weighted by Crippen LogP contribution is 2.24. The zero-order valence-corrected chi connectivity index (χ0v) is 11.2. The predicted octanol–water partition coefficient (Wildman–Crippen LogP) is 2.82. The zero-order valence-electron chi connectivity index (χ0n) is 11.2. The van der Waals surface area contributed by atoms with Crippen molar-refractivity contribution in [2.75, 3.05) is 0 Å². The SMILES string of the molecule is CC(NCc1cccc(C#N)c1)c1cc(O)cc(O)c1. The van der Waals surface area contributed by atoms with E-state index in [9.17, 15) is 10.2 Å². The van der Waals surface area contributed by atoms with E-state index in [-0.39, 0.29) is 17.5 Å². The van der Waals surface area contributed by atoms with Crippen LogP contribution in [0, 0.1) is 11.3 Å². The van der Waals surface area contributed by atoms with Crippen LogP contribution in [0.3, 0.4) is 0 Å². The molecule has 4 nitrogen and oxygen atoms in total. The van der Waals surface area contributed by atoms with Crippen LogP contribution >= 0.6 is 0 Å². The quantitative estimate of drug-likeness (QED) is 0.797. The molecule has 0 saturated carbocycles. The van der Waals surface area contributed by atoms with E-state index in [1.165, 1.54) is 6.07 Å². The van der Waals surface area contributed by atoms with Crippen molar-refractivity contribution in [3.63, 3.8) is 0 Å². The van der Waals surface area contributed by atoms with Crippen LogP contribution < -0.4 is 5.32 Å². The Morgan fingerprint density at radius 3 is 2.50 bits per heavy atom. The summed E-state index contributed by atoms with van der Waals surface area (Å²) >= 11 is 0. The molecule has 0 spiro atoms. The lowest BCUT2D eigenvalue weighted by atomic mass is 10.1. The predicted molar refractivity (Wildman–Crippen MR) is 76.2 cm³/mol. The third kappa shape index (κ3) is 3.50. The van der Waals surface area contributed by atoms with Gasteiger partial charge in [0.25, 0.3) is 0 Å². The molecule has 0 aromatic heterocycles. The molecule has 0 saturated heterocycles. The number of hydrogen-bond acceptors (Lipinski definition) is 4. The number of phenolic OH excluding ortho intramolecular Hbond substituents is 2. The topological polar surface area (TPSA) is 76.3 Å². The number of benzene rings is 2. The van der Waals surface area contributed by atoms with Gasteiger partial charge in [-0.25, -0.2) is 0 Å². The second-order valence-electron chi connectivity index (χ2n) is 4.70. The van der Waals surface area contributed by atoms with Gasteiger partial charge in [0.15, 0.2) is 0 Å². The van der Waals surface area contributed by atoms with Crippen LogP contribution in [0.25, 0.3) is 0 Å². The number of nitrogens with zero attached hydrogens (tertiary/aromatic N) is 1. The molecule has 3 N–H and O–H groups in total. The van der Waals surface area contributed by atoms with Gasteiger partial charge >= 0.3 is 0 Å². The number of hydrogen-bond donors (Lipinski definition) is 3. The molecule has 0 radical (unpaired) electrons. The normalized spacial score (nSPS) is 11.8. The standard InChI is InChI=1S/C16H16N2O2/c1-11(14-6-15(19)8-16(20)7-14)18-10-13-4-2-3-12(5-13)9-17/h2-8,11,18-20H,10H2,1H3. The van der Waals surface area contributed by atoms with Gasteiger partial charge in [-0.15, -0.1) is 0 Å². The molecule has 20 heavy (non-hydrogen) atoms. The molecule has 0 bridgehead atoms. The van der Waals surface area contributed by atoms with Crippen molar-refractivity contribution in [3.8, 4) is 17.6 Å². The average molecular weight is 268 g/mol. The maximum atomic E-state index is 9.47. The van der Waals surface area contributed by atoms with E-state index >= 15 is 0 Å². The summed E-state index contributed by atoms with van der Waals surface area (Å²) in [7, 11) is 0. The second kappa shape index (κ2) is 6.09. The van der Waals surface area contributed by atoms with Crippen molar-refractivity contribution in [1.29, 1.82) is 5.26 Å². The third-order valence-corrected chi connectivity index (χ3v) is 3.09. The average Bonchev–Trinajstić information content (AvgIpc) is 2.44. The maximum absolute atomic E-state index is 9.47. The van der Waals surface area contributed by atoms with Crippen LogP contribution in [-0.2, 0) is 6.54 Å². The fraction of sp³-hybridized carbons (Fsp3) is 0.188. The number of aromatic hydroxyl groups is 2. The molecule has 0 amide bonds. The van der Waals surface area contributed by atoms with E-state index < -0.39 is 0 Å². The lowest BCUT2D eigenvalue weighted by Crippen LogP contribution is -2.18. The molecule has 1 unspecified atom stereocenters. The van der Waals surface area contributed by atoms with Gasteiger partial charge < -0.3 is 15.5 Å². The van der Waals surface area contributed by atoms with Crippen LogP contribution in [0.2, 0.25) is 0 Å². The Hall–Kier alpha value is -2.51. The highest BCUT2D eigenvalue weighted by atomic mass is 16.3. The van der Waals surface area contributed by atoms with Crippen molar-refractivity contribution in [2.45, 2.75) is 19.5 Å². The Bertz CT molecular complexity index is 627. The Morgan fingerprint density at radius 1 is 1.15 bits per heavy atom. The molecule has 2 aromatic rings. The minimum atomic E-state index is -0.0289. The van der Waals surface area contributed by atoms with Gasteiger partial charge in [0.2, 0.25) is 0 Å². The number of nitrogens with one attached hydrogen (secondary N) is 1. The molecule has 102 valence electrons. The van der Waals surface area contributed by atoms with Gasteiger partial charge in [0.1, 0.15) is 11.5 Å². The Labute approximate surface area is 117 Å². The summed E-state index contributed by atoms with van der Waals surface area (Å²) in [5, 5.41) is 31.1. The molecule has 0 aliphatic carbocycles. The highest BCUT2D eigenvalue weighted by Gasteiger charge is 2.08. The van der Waals surface area contributed by atoms with E-state index in [0.717, 1.165) is 11.1 Å². The molecule has 0 aliphatic rings. The first kappa shape index (κ1) is 13.9. The first-order valence-electron chi connectivity index (χ1n) is 6.34. The van der Waals surface area contributed by atoms with Gasteiger partial charge in [-0.3, -0.25) is 0 Å². The first-order valence-corrected chi connectivity index (χ1v) is 6.34. The van der Waals surface area contributed by atoms with Crippen molar-refractivity contribution >= 4 is 0 Å². The molecule has 2 rings (SSSR count). The summed E-state index contributed by atoms with van der Waals surface area (Å²) in [6.45, 7) is 2.55. The van der Waals surface area contributed by atoms with E-state index in [0.29, 0.717) is 12.1 Å². The van der Waals surface area contributed by atoms with Crippen LogP contribution in [0.4, 0.5) is 0 Å². The van der Waals surface area contributed by atoms with Gasteiger partial charge in [-0.2, -0.15) is 5.26 Å². The largest absolute Gasteiger partial charge is 0.508 e. The molecule has 4 heteroatoms. The fourth-order valence-electron chi connectivity index (χ4n) is 2.01.